The third-order valence-corrected chi connectivity index (χ3v) is 5.17. The van der Waals surface area contributed by atoms with E-state index in [-0.39, 0.29) is 17.4 Å². The Kier molecular flexibility index (Phi) is 4.80. The Balaban J connectivity index is 1.74. The van der Waals surface area contributed by atoms with E-state index in [1.807, 2.05) is 0 Å². The maximum atomic E-state index is 13.2. The normalized spacial score (nSPS) is 24.5. The van der Waals surface area contributed by atoms with Crippen molar-refractivity contribution in [3.63, 3.8) is 0 Å². The number of H-pyrrole nitrogens is 1. The number of fused-ring (bicyclic) bond motifs is 1. The van der Waals surface area contributed by atoms with Gasteiger partial charge in [-0.25, -0.2) is 4.39 Å². The fourth-order valence-electron chi connectivity index (χ4n) is 3.31. The van der Waals surface area contributed by atoms with Gasteiger partial charge in [-0.3, -0.25) is 0 Å². The van der Waals surface area contributed by atoms with Crippen LogP contribution in [0.15, 0.2) is 28.4 Å². The lowest BCUT2D eigenvalue weighted by atomic mass is 9.78. The molecule has 7 heteroatoms. The van der Waals surface area contributed by atoms with Crippen LogP contribution in [-0.4, -0.2) is 21.2 Å². The Hall–Kier alpha value is -2.02. The molecule has 0 bridgehead atoms. The molecule has 3 atom stereocenters. The van der Waals surface area contributed by atoms with Gasteiger partial charge in [0.2, 0.25) is 11.0 Å². The quantitative estimate of drug-likeness (QED) is 0.539. The highest BCUT2D eigenvalue weighted by atomic mass is 32.1. The average Bonchev–Trinajstić information content (AvgIpc) is 2.84. The molecule has 128 valence electrons. The van der Waals surface area contributed by atoms with Crippen molar-refractivity contribution >= 4 is 33.9 Å². The highest BCUT2D eigenvalue weighted by Gasteiger charge is 2.27. The van der Waals surface area contributed by atoms with Gasteiger partial charge in [0, 0.05) is 11.4 Å². The second-order valence-electron chi connectivity index (χ2n) is 6.54. The molecule has 1 aromatic heterocycles. The zero-order chi connectivity index (χ0) is 17.3. The van der Waals surface area contributed by atoms with Crippen LogP contribution in [0.5, 0.6) is 5.88 Å². The molecule has 0 saturated heterocycles. The molecular weight excluding hydrogens is 327 g/mol. The molecular formula is C17H21FN4OS. The van der Waals surface area contributed by atoms with E-state index in [1.54, 1.807) is 6.07 Å². The summed E-state index contributed by atoms with van der Waals surface area (Å²) in [6, 6.07) is 4.47. The minimum absolute atomic E-state index is 0.151. The number of hydrogen-bond acceptors (Lipinski definition) is 3. The van der Waals surface area contributed by atoms with Gasteiger partial charge in [0.15, 0.2) is 5.69 Å². The molecule has 0 amide bonds. The second kappa shape index (κ2) is 6.84. The first-order chi connectivity index (χ1) is 11.5. The third kappa shape index (κ3) is 3.40. The number of aromatic hydroxyl groups is 1. The fraction of sp³-hybridized carbons (Fsp3) is 0.471. The maximum absolute atomic E-state index is 13.2. The zero-order valence-electron chi connectivity index (χ0n) is 13.7. The van der Waals surface area contributed by atoms with Gasteiger partial charge < -0.3 is 15.4 Å². The first-order valence-electron chi connectivity index (χ1n) is 8.18. The van der Waals surface area contributed by atoms with Gasteiger partial charge in [-0.15, -0.1) is 10.2 Å². The van der Waals surface area contributed by atoms with E-state index in [1.165, 1.54) is 25.0 Å². The molecule has 1 aromatic carbocycles. The number of halogens is 1. The molecule has 5 nitrogen and oxygen atoms in total. The summed E-state index contributed by atoms with van der Waals surface area (Å²) in [5, 5.41) is 22.2. The van der Waals surface area contributed by atoms with Crippen molar-refractivity contribution in [2.24, 2.45) is 22.1 Å². The lowest BCUT2D eigenvalue weighted by molar-refractivity contribution is 0.225. The molecule has 0 unspecified atom stereocenters. The van der Waals surface area contributed by atoms with Crippen LogP contribution in [0.4, 0.5) is 10.1 Å². The van der Waals surface area contributed by atoms with Crippen LogP contribution in [0.25, 0.3) is 10.9 Å². The van der Waals surface area contributed by atoms with E-state index >= 15 is 0 Å². The topological polar surface area (TPSA) is 72.8 Å². The smallest absolute Gasteiger partial charge is 0.218 e. The minimum atomic E-state index is -0.384. The average molecular weight is 348 g/mol. The number of nitrogens with zero attached hydrogens (tertiary/aromatic N) is 2. The summed E-state index contributed by atoms with van der Waals surface area (Å²) in [7, 11) is 0. The van der Waals surface area contributed by atoms with E-state index in [0.717, 1.165) is 6.42 Å². The van der Waals surface area contributed by atoms with E-state index in [2.05, 4.69) is 34.4 Å². The summed E-state index contributed by atoms with van der Waals surface area (Å²) in [6.07, 6.45) is 3.49. The van der Waals surface area contributed by atoms with Crippen molar-refractivity contribution in [2.75, 3.05) is 0 Å². The van der Waals surface area contributed by atoms with E-state index in [9.17, 15) is 9.50 Å². The molecule has 2 aromatic rings. The predicted molar refractivity (Wildman–Crippen MR) is 96.1 cm³/mol. The molecule has 24 heavy (non-hydrogen) atoms. The molecule has 0 radical (unpaired) electrons. The Morgan fingerprint density at radius 3 is 2.96 bits per heavy atom. The van der Waals surface area contributed by atoms with Crippen molar-refractivity contribution in [1.82, 2.24) is 10.3 Å². The van der Waals surface area contributed by atoms with Crippen LogP contribution >= 0.6 is 12.2 Å². The Labute approximate surface area is 145 Å². The van der Waals surface area contributed by atoms with Crippen LogP contribution in [0.3, 0.4) is 0 Å². The highest BCUT2D eigenvalue weighted by Crippen LogP contribution is 2.35. The monoisotopic (exact) mass is 348 g/mol. The molecule has 1 saturated carbocycles. The van der Waals surface area contributed by atoms with Gasteiger partial charge in [0.05, 0.1) is 5.52 Å². The summed E-state index contributed by atoms with van der Waals surface area (Å²) < 4.78 is 13.2. The first-order valence-corrected chi connectivity index (χ1v) is 8.59. The summed E-state index contributed by atoms with van der Waals surface area (Å²) in [5.74, 6) is 0.645. The number of benzene rings is 1. The standard InChI is InChI=1S/C17H21FN4OS/c1-9-4-3-5-13(10(9)2)20-17(24)22-21-15-12-7-6-11(18)8-14(12)19-16(15)23/h6-10,13,19,23H,3-5H2,1-2H3,(H,20,24)/t9-,10-,13-/m1/s1. The number of aromatic nitrogens is 1. The van der Waals surface area contributed by atoms with E-state index in [4.69, 9.17) is 12.2 Å². The Bertz CT molecular complexity index is 788. The second-order valence-corrected chi connectivity index (χ2v) is 6.92. The van der Waals surface area contributed by atoms with Crippen molar-refractivity contribution in [2.45, 2.75) is 39.2 Å². The summed E-state index contributed by atoms with van der Waals surface area (Å²) >= 11 is 5.26. The third-order valence-electron chi connectivity index (χ3n) is 4.97. The minimum Gasteiger partial charge on any atom is -0.493 e. The molecule has 0 spiro atoms. The van der Waals surface area contributed by atoms with Crippen LogP contribution in [0, 0.1) is 17.7 Å². The maximum Gasteiger partial charge on any atom is 0.218 e. The molecule has 1 aliphatic rings. The predicted octanol–water partition coefficient (Wildman–Crippen LogP) is 4.80. The number of thiocarbonyl (C=S) groups is 1. The SMILES string of the molecule is C[C@@H]1[C@H](C)CCC[C@H]1NC(=S)N=Nc1c(O)[nH]c2cc(F)ccc12. The van der Waals surface area contributed by atoms with Crippen LogP contribution < -0.4 is 5.32 Å². The largest absolute Gasteiger partial charge is 0.493 e. The molecule has 3 rings (SSSR count). The van der Waals surface area contributed by atoms with Gasteiger partial charge in [0.1, 0.15) is 5.82 Å². The molecule has 3 N–H and O–H groups in total. The van der Waals surface area contributed by atoms with E-state index < -0.39 is 0 Å². The van der Waals surface area contributed by atoms with Gasteiger partial charge >= 0.3 is 0 Å². The zero-order valence-corrected chi connectivity index (χ0v) is 14.5. The lowest BCUT2D eigenvalue weighted by Crippen LogP contribution is -2.42. The van der Waals surface area contributed by atoms with Crippen molar-refractivity contribution in [3.8, 4) is 5.88 Å². The highest BCUT2D eigenvalue weighted by molar-refractivity contribution is 7.80. The number of azo groups is 1. The number of rotatable bonds is 2. The van der Waals surface area contributed by atoms with Crippen molar-refractivity contribution in [1.29, 1.82) is 0 Å². The van der Waals surface area contributed by atoms with E-state index in [0.29, 0.717) is 33.9 Å². The summed E-state index contributed by atoms with van der Waals surface area (Å²) in [4.78, 5) is 2.68. The van der Waals surface area contributed by atoms with Crippen LogP contribution in [0.2, 0.25) is 0 Å². The first kappa shape index (κ1) is 16.8. The van der Waals surface area contributed by atoms with Crippen LogP contribution in [-0.2, 0) is 0 Å². The van der Waals surface area contributed by atoms with Crippen LogP contribution in [0.1, 0.15) is 33.1 Å². The number of hydrogen-bond donors (Lipinski definition) is 3. The number of nitrogens with one attached hydrogen (secondary N) is 2. The van der Waals surface area contributed by atoms with Gasteiger partial charge in [-0.1, -0.05) is 26.7 Å². The van der Waals surface area contributed by atoms with Gasteiger partial charge in [-0.05, 0) is 48.7 Å². The fourth-order valence-corrected chi connectivity index (χ4v) is 3.50. The molecule has 1 fully saturated rings. The Morgan fingerprint density at radius 2 is 2.17 bits per heavy atom. The Morgan fingerprint density at radius 1 is 1.38 bits per heavy atom. The summed E-state index contributed by atoms with van der Waals surface area (Å²) in [5.41, 5.74) is 0.731. The molecule has 1 aliphatic carbocycles. The van der Waals surface area contributed by atoms with Crippen molar-refractivity contribution < 1.29 is 9.50 Å². The van der Waals surface area contributed by atoms with Crippen molar-refractivity contribution in [3.05, 3.63) is 24.0 Å². The molecule has 0 aliphatic heterocycles. The van der Waals surface area contributed by atoms with Gasteiger partial charge in [-0.2, -0.15) is 0 Å². The van der Waals surface area contributed by atoms with Gasteiger partial charge in [0.25, 0.3) is 0 Å². The number of aromatic amines is 1. The molecule has 1 heterocycles. The summed E-state index contributed by atoms with van der Waals surface area (Å²) in [6.45, 7) is 4.48. The lowest BCUT2D eigenvalue weighted by Gasteiger charge is -2.34.